The van der Waals surface area contributed by atoms with Crippen LogP contribution in [0.25, 0.3) is 0 Å². The van der Waals surface area contributed by atoms with Gasteiger partial charge < -0.3 is 23.7 Å². The molecule has 30 heavy (non-hydrogen) atoms. The zero-order chi connectivity index (χ0) is 22.3. The Hall–Kier alpha value is -2.85. The maximum atomic E-state index is 11.7. The van der Waals surface area contributed by atoms with Gasteiger partial charge in [-0.25, -0.2) is 0 Å². The van der Waals surface area contributed by atoms with Gasteiger partial charge in [0.15, 0.2) is 24.6 Å². The zero-order valence-electron chi connectivity index (χ0n) is 17.6. The summed E-state index contributed by atoms with van der Waals surface area (Å²) < 4.78 is 27.1. The van der Waals surface area contributed by atoms with Crippen LogP contribution in [0.15, 0.2) is 23.2 Å². The molecule has 0 aliphatic carbocycles. The SMILES string of the molecule is COC1OC(CN=Cc2cccc(C)n2)C(OC(C)=O)C(OC(C)=O)C1OC(C)=O. The van der Waals surface area contributed by atoms with Crippen molar-refractivity contribution in [3.63, 3.8) is 0 Å². The molecule has 0 radical (unpaired) electrons. The Morgan fingerprint density at radius 1 is 1.03 bits per heavy atom. The smallest absolute Gasteiger partial charge is 0.303 e. The molecule has 2 rings (SSSR count). The third kappa shape index (κ3) is 6.60. The Morgan fingerprint density at radius 2 is 1.63 bits per heavy atom. The highest BCUT2D eigenvalue weighted by Crippen LogP contribution is 2.29. The van der Waals surface area contributed by atoms with Crippen LogP contribution < -0.4 is 0 Å². The number of aromatic nitrogens is 1. The van der Waals surface area contributed by atoms with Gasteiger partial charge in [0.2, 0.25) is 0 Å². The maximum Gasteiger partial charge on any atom is 0.303 e. The van der Waals surface area contributed by atoms with Crippen LogP contribution >= 0.6 is 0 Å². The summed E-state index contributed by atoms with van der Waals surface area (Å²) in [6, 6.07) is 5.50. The minimum absolute atomic E-state index is 0.0536. The van der Waals surface area contributed by atoms with E-state index in [2.05, 4.69) is 9.98 Å². The summed E-state index contributed by atoms with van der Waals surface area (Å²) in [5.41, 5.74) is 1.48. The fourth-order valence-corrected chi connectivity index (χ4v) is 3.08. The summed E-state index contributed by atoms with van der Waals surface area (Å²) in [6.07, 6.45) is -3.64. The largest absolute Gasteiger partial charge is 0.456 e. The minimum Gasteiger partial charge on any atom is -0.456 e. The second-order valence-corrected chi connectivity index (χ2v) is 6.70. The van der Waals surface area contributed by atoms with Crippen LogP contribution in [-0.2, 0) is 38.1 Å². The summed E-state index contributed by atoms with van der Waals surface area (Å²) in [5, 5.41) is 0. The van der Waals surface area contributed by atoms with Gasteiger partial charge in [0, 0.05) is 39.8 Å². The number of hydrogen-bond donors (Lipinski definition) is 0. The van der Waals surface area contributed by atoms with E-state index in [0.717, 1.165) is 5.69 Å². The first-order chi connectivity index (χ1) is 14.2. The van der Waals surface area contributed by atoms with Crippen LogP contribution in [0.5, 0.6) is 0 Å². The van der Waals surface area contributed by atoms with Gasteiger partial charge in [0.25, 0.3) is 0 Å². The molecule has 1 fully saturated rings. The van der Waals surface area contributed by atoms with E-state index in [0.29, 0.717) is 5.69 Å². The Labute approximate surface area is 174 Å². The highest BCUT2D eigenvalue weighted by atomic mass is 16.7. The van der Waals surface area contributed by atoms with E-state index in [1.54, 1.807) is 12.3 Å². The van der Waals surface area contributed by atoms with Gasteiger partial charge in [0.05, 0.1) is 12.2 Å². The van der Waals surface area contributed by atoms with Gasteiger partial charge >= 0.3 is 17.9 Å². The van der Waals surface area contributed by atoms with Crippen LogP contribution in [0.2, 0.25) is 0 Å². The number of hydrogen-bond acceptors (Lipinski definition) is 10. The molecule has 1 aromatic rings. The van der Waals surface area contributed by atoms with Crippen molar-refractivity contribution in [2.24, 2.45) is 4.99 Å². The number of pyridine rings is 1. The van der Waals surface area contributed by atoms with Crippen molar-refractivity contribution >= 4 is 24.1 Å². The third-order valence-electron chi connectivity index (χ3n) is 4.15. The van der Waals surface area contributed by atoms with Crippen molar-refractivity contribution in [3.8, 4) is 0 Å². The van der Waals surface area contributed by atoms with Crippen LogP contribution in [-0.4, -0.2) is 73.5 Å². The predicted octanol–water partition coefficient (Wildman–Crippen LogP) is 0.975. The van der Waals surface area contributed by atoms with Crippen molar-refractivity contribution in [3.05, 3.63) is 29.6 Å². The van der Waals surface area contributed by atoms with Gasteiger partial charge in [0.1, 0.15) is 6.10 Å². The van der Waals surface area contributed by atoms with Gasteiger partial charge in [-0.3, -0.25) is 24.4 Å². The van der Waals surface area contributed by atoms with E-state index in [1.807, 2.05) is 19.1 Å². The maximum absolute atomic E-state index is 11.7. The molecule has 1 aliphatic heterocycles. The molecule has 0 N–H and O–H groups in total. The molecule has 5 unspecified atom stereocenters. The van der Waals surface area contributed by atoms with Crippen LogP contribution in [0.1, 0.15) is 32.2 Å². The van der Waals surface area contributed by atoms with E-state index in [9.17, 15) is 14.4 Å². The molecule has 0 aromatic carbocycles. The number of nitrogens with zero attached hydrogens (tertiary/aromatic N) is 2. The van der Waals surface area contributed by atoms with Crippen LogP contribution in [0.3, 0.4) is 0 Å². The first-order valence-electron chi connectivity index (χ1n) is 9.34. The first kappa shape index (κ1) is 23.4. The number of carbonyl (C=O) groups excluding carboxylic acids is 3. The monoisotopic (exact) mass is 422 g/mol. The van der Waals surface area contributed by atoms with Crippen LogP contribution in [0, 0.1) is 6.92 Å². The number of ether oxygens (including phenoxy) is 5. The van der Waals surface area contributed by atoms with Crippen molar-refractivity contribution in [1.29, 1.82) is 0 Å². The van der Waals surface area contributed by atoms with Crippen molar-refractivity contribution in [2.75, 3.05) is 13.7 Å². The minimum atomic E-state index is -1.13. The zero-order valence-corrected chi connectivity index (χ0v) is 17.6. The lowest BCUT2D eigenvalue weighted by Gasteiger charge is -2.43. The first-order valence-corrected chi connectivity index (χ1v) is 9.34. The molecule has 0 bridgehead atoms. The molecule has 1 saturated heterocycles. The standard InChI is InChI=1S/C20H26N2O8/c1-11-7-6-8-15(22-11)9-21-10-16-17(27-12(2)23)18(28-13(3)24)19(29-14(4)25)20(26-5)30-16/h6-9,16-20H,10H2,1-5H3. The van der Waals surface area contributed by atoms with Crippen molar-refractivity contribution in [2.45, 2.75) is 58.4 Å². The lowest BCUT2D eigenvalue weighted by molar-refractivity contribution is -0.296. The van der Waals surface area contributed by atoms with Gasteiger partial charge in [-0.2, -0.15) is 0 Å². The Bertz CT molecular complexity index is 797. The molecule has 1 aromatic heterocycles. The lowest BCUT2D eigenvalue weighted by atomic mass is 9.97. The number of rotatable bonds is 7. The fraction of sp³-hybridized carbons (Fsp3) is 0.550. The van der Waals surface area contributed by atoms with Crippen molar-refractivity contribution < 1.29 is 38.1 Å². The van der Waals surface area contributed by atoms with E-state index >= 15 is 0 Å². The average Bonchev–Trinajstić information content (AvgIpc) is 2.65. The summed E-state index contributed by atoms with van der Waals surface area (Å²) in [5.74, 6) is -1.89. The molecule has 164 valence electrons. The topological polar surface area (TPSA) is 123 Å². The molecule has 10 heteroatoms. The van der Waals surface area contributed by atoms with Crippen LogP contribution in [0.4, 0.5) is 0 Å². The summed E-state index contributed by atoms with van der Waals surface area (Å²) in [6.45, 7) is 5.52. The summed E-state index contributed by atoms with van der Waals surface area (Å²) in [4.78, 5) is 43.6. The highest BCUT2D eigenvalue weighted by molar-refractivity contribution is 5.76. The van der Waals surface area contributed by atoms with E-state index in [4.69, 9.17) is 23.7 Å². The van der Waals surface area contributed by atoms with Gasteiger partial charge in [-0.1, -0.05) is 6.07 Å². The number of aryl methyl sites for hydroxylation is 1. The Balaban J connectivity index is 2.30. The quantitative estimate of drug-likeness (QED) is 0.359. The second-order valence-electron chi connectivity index (χ2n) is 6.70. The molecule has 0 saturated carbocycles. The van der Waals surface area contributed by atoms with E-state index < -0.39 is 48.6 Å². The predicted molar refractivity (Wildman–Crippen MR) is 104 cm³/mol. The number of aliphatic imine (C=N–C) groups is 1. The molecular weight excluding hydrogens is 396 g/mol. The van der Waals surface area contributed by atoms with E-state index in [1.165, 1.54) is 27.9 Å². The fourth-order valence-electron chi connectivity index (χ4n) is 3.08. The number of esters is 3. The molecular formula is C20H26N2O8. The third-order valence-corrected chi connectivity index (χ3v) is 4.15. The molecule has 1 aliphatic rings. The van der Waals surface area contributed by atoms with Gasteiger partial charge in [-0.15, -0.1) is 0 Å². The Morgan fingerprint density at radius 3 is 2.20 bits per heavy atom. The molecule has 2 heterocycles. The Kier molecular flexibility index (Phi) is 8.43. The normalized spacial score (nSPS) is 26.2. The highest BCUT2D eigenvalue weighted by Gasteiger charge is 2.51. The summed E-state index contributed by atoms with van der Waals surface area (Å²) >= 11 is 0. The molecule has 5 atom stereocenters. The molecule has 0 spiro atoms. The van der Waals surface area contributed by atoms with Crippen molar-refractivity contribution in [1.82, 2.24) is 4.98 Å². The molecule has 10 nitrogen and oxygen atoms in total. The number of methoxy groups -OCH3 is 1. The lowest BCUT2D eigenvalue weighted by Crippen LogP contribution is -2.62. The average molecular weight is 422 g/mol. The second kappa shape index (κ2) is 10.8. The van der Waals surface area contributed by atoms with E-state index in [-0.39, 0.29) is 6.54 Å². The molecule has 0 amide bonds. The van der Waals surface area contributed by atoms with Gasteiger partial charge in [-0.05, 0) is 19.1 Å². The summed E-state index contributed by atoms with van der Waals surface area (Å²) in [7, 11) is 1.36. The number of carbonyl (C=O) groups is 3.